The molecule has 2 rings (SSSR count). The minimum absolute atomic E-state index is 0.00319. The summed E-state index contributed by atoms with van der Waals surface area (Å²) >= 11 is 4.43. The van der Waals surface area contributed by atoms with Crippen molar-refractivity contribution in [3.63, 3.8) is 0 Å². The first-order valence-electron chi connectivity index (χ1n) is 8.08. The van der Waals surface area contributed by atoms with E-state index in [0.29, 0.717) is 17.0 Å². The molecule has 7 nitrogen and oxygen atoms in total. The quantitative estimate of drug-likeness (QED) is 0.419. The summed E-state index contributed by atoms with van der Waals surface area (Å²) in [4.78, 5) is 39.8. The molecule has 27 heavy (non-hydrogen) atoms. The largest absolute Gasteiger partial charge is 0.496 e. The molecule has 0 spiro atoms. The zero-order valence-electron chi connectivity index (χ0n) is 14.8. The van der Waals surface area contributed by atoms with E-state index in [1.807, 2.05) is 0 Å². The van der Waals surface area contributed by atoms with E-state index in [-0.39, 0.29) is 36.8 Å². The lowest BCUT2D eigenvalue weighted by molar-refractivity contribution is -0.145. The highest BCUT2D eigenvalue weighted by Crippen LogP contribution is 2.24. The number of hydrogen-bond donors (Lipinski definition) is 0. The molecule has 0 unspecified atom stereocenters. The zero-order valence-corrected chi connectivity index (χ0v) is 17.2. The lowest BCUT2D eigenvalue weighted by atomic mass is 10.1. The predicted molar refractivity (Wildman–Crippen MR) is 102 cm³/mol. The van der Waals surface area contributed by atoms with E-state index in [1.54, 1.807) is 30.5 Å². The Labute approximate surface area is 168 Å². The van der Waals surface area contributed by atoms with Crippen LogP contribution in [0.1, 0.15) is 45.6 Å². The van der Waals surface area contributed by atoms with Gasteiger partial charge >= 0.3 is 11.9 Å². The topological polar surface area (TPSA) is 91.8 Å². The summed E-state index contributed by atoms with van der Waals surface area (Å²) in [5, 5.41) is 1.83. The number of aromatic nitrogens is 1. The van der Waals surface area contributed by atoms with E-state index in [9.17, 15) is 14.4 Å². The van der Waals surface area contributed by atoms with Gasteiger partial charge in [-0.2, -0.15) is 0 Å². The molecule has 0 amide bonds. The van der Waals surface area contributed by atoms with E-state index >= 15 is 0 Å². The van der Waals surface area contributed by atoms with E-state index < -0.39 is 11.9 Å². The van der Waals surface area contributed by atoms with Crippen LogP contribution in [-0.4, -0.2) is 36.4 Å². The van der Waals surface area contributed by atoms with E-state index in [4.69, 9.17) is 14.2 Å². The van der Waals surface area contributed by atoms with Gasteiger partial charge in [0.2, 0.25) is 5.01 Å². The number of benzene rings is 1. The first-order valence-corrected chi connectivity index (χ1v) is 9.75. The fourth-order valence-electron chi connectivity index (χ4n) is 2.13. The number of esters is 2. The van der Waals surface area contributed by atoms with Crippen LogP contribution in [-0.2, 0) is 20.9 Å². The van der Waals surface area contributed by atoms with Gasteiger partial charge in [-0.05, 0) is 25.1 Å². The lowest BCUT2D eigenvalue weighted by Gasteiger charge is -2.08. The van der Waals surface area contributed by atoms with Gasteiger partial charge in [-0.1, -0.05) is 15.9 Å². The number of hydrogen-bond acceptors (Lipinski definition) is 8. The predicted octanol–water partition coefficient (Wildman–Crippen LogP) is 3.80. The second kappa shape index (κ2) is 10.2. The number of ether oxygens (including phenoxy) is 3. The third kappa shape index (κ3) is 6.14. The zero-order chi connectivity index (χ0) is 19.8. The van der Waals surface area contributed by atoms with E-state index in [1.165, 1.54) is 7.11 Å². The number of ketones is 1. The number of carbonyl (C=O) groups excluding carboxylic acids is 3. The Morgan fingerprint density at radius 3 is 2.67 bits per heavy atom. The van der Waals surface area contributed by atoms with Crippen molar-refractivity contribution in [2.45, 2.75) is 26.4 Å². The number of halogens is 1. The van der Waals surface area contributed by atoms with Gasteiger partial charge < -0.3 is 14.2 Å². The summed E-state index contributed by atoms with van der Waals surface area (Å²) < 4.78 is 15.9. The molecule has 0 saturated carbocycles. The number of carbonyl (C=O) groups is 3. The minimum Gasteiger partial charge on any atom is -0.496 e. The van der Waals surface area contributed by atoms with E-state index in [2.05, 4.69) is 20.9 Å². The van der Waals surface area contributed by atoms with Crippen molar-refractivity contribution in [3.05, 3.63) is 44.3 Å². The van der Waals surface area contributed by atoms with Crippen LogP contribution in [0.15, 0.2) is 28.1 Å². The molecule has 0 aliphatic heterocycles. The van der Waals surface area contributed by atoms with Crippen molar-refractivity contribution in [1.82, 2.24) is 4.98 Å². The maximum absolute atomic E-state index is 12.3. The number of rotatable bonds is 9. The van der Waals surface area contributed by atoms with Crippen molar-refractivity contribution in [2.75, 3.05) is 13.7 Å². The molecular weight excluding hydrogens is 438 g/mol. The van der Waals surface area contributed by atoms with Gasteiger partial charge in [0.05, 0.1) is 31.4 Å². The first kappa shape index (κ1) is 21.0. The van der Waals surface area contributed by atoms with Crippen LogP contribution in [0.5, 0.6) is 5.75 Å². The molecule has 0 N–H and O–H groups in total. The summed E-state index contributed by atoms with van der Waals surface area (Å²) in [6.07, 6.45) is -0.0693. The maximum atomic E-state index is 12.3. The molecule has 0 fully saturated rings. The normalized spacial score (nSPS) is 10.3. The van der Waals surface area contributed by atoms with Gasteiger partial charge in [0.15, 0.2) is 5.78 Å². The molecule has 1 heterocycles. The van der Waals surface area contributed by atoms with Crippen molar-refractivity contribution in [2.24, 2.45) is 0 Å². The molecule has 1 aromatic heterocycles. The Hall–Kier alpha value is -2.26. The van der Waals surface area contributed by atoms with Crippen molar-refractivity contribution >= 4 is 45.0 Å². The van der Waals surface area contributed by atoms with Crippen LogP contribution in [0.3, 0.4) is 0 Å². The summed E-state index contributed by atoms with van der Waals surface area (Å²) in [7, 11) is 1.48. The summed E-state index contributed by atoms with van der Waals surface area (Å²) in [6.45, 7) is 1.90. The second-order valence-electron chi connectivity index (χ2n) is 5.29. The number of nitrogens with zero attached hydrogens (tertiary/aromatic N) is 1. The smallest absolute Gasteiger partial charge is 0.367 e. The molecule has 0 aliphatic rings. The van der Waals surface area contributed by atoms with E-state index in [0.717, 1.165) is 15.8 Å². The van der Waals surface area contributed by atoms with Gasteiger partial charge in [0.25, 0.3) is 0 Å². The number of methoxy groups -OCH3 is 1. The Morgan fingerprint density at radius 1 is 1.19 bits per heavy atom. The number of Topliss-reactive ketones (excluding diaryl/α,β-unsaturated/α-hetero) is 1. The molecule has 9 heteroatoms. The minimum atomic E-state index is -0.525. The third-order valence-electron chi connectivity index (χ3n) is 3.40. The van der Waals surface area contributed by atoms with Crippen molar-refractivity contribution < 1.29 is 28.6 Å². The molecule has 0 bridgehead atoms. The average molecular weight is 456 g/mol. The Kier molecular flexibility index (Phi) is 7.93. The molecule has 0 saturated heterocycles. The average Bonchev–Trinajstić information content (AvgIpc) is 3.13. The van der Waals surface area contributed by atoms with Gasteiger partial charge in [0, 0.05) is 16.3 Å². The molecule has 0 atom stereocenters. The summed E-state index contributed by atoms with van der Waals surface area (Å²) in [6, 6.07) is 5.10. The molecule has 1 aromatic carbocycles. The standard InChI is InChI=1S/C18H18BrNO6S/c1-3-25-18(23)17-20-12(10-27-17)9-26-16(22)7-5-14(21)13-8-11(19)4-6-15(13)24-2/h4,6,8,10H,3,5,7,9H2,1-2H3. The summed E-state index contributed by atoms with van der Waals surface area (Å²) in [5.74, 6) is -0.800. The third-order valence-corrected chi connectivity index (χ3v) is 4.77. The maximum Gasteiger partial charge on any atom is 0.367 e. The van der Waals surface area contributed by atoms with Crippen molar-refractivity contribution in [3.8, 4) is 5.75 Å². The van der Waals surface area contributed by atoms with Crippen LogP contribution in [0, 0.1) is 0 Å². The Morgan fingerprint density at radius 2 is 1.96 bits per heavy atom. The van der Waals surface area contributed by atoms with Crippen LogP contribution in [0.4, 0.5) is 0 Å². The Bertz CT molecular complexity index is 835. The van der Waals surface area contributed by atoms with Crippen molar-refractivity contribution in [1.29, 1.82) is 0 Å². The van der Waals surface area contributed by atoms with Gasteiger partial charge in [-0.3, -0.25) is 9.59 Å². The van der Waals surface area contributed by atoms with Crippen LogP contribution in [0.25, 0.3) is 0 Å². The fourth-order valence-corrected chi connectivity index (χ4v) is 3.19. The molecule has 2 aromatic rings. The van der Waals surface area contributed by atoms with Gasteiger partial charge in [-0.15, -0.1) is 11.3 Å². The first-order chi connectivity index (χ1) is 12.9. The summed E-state index contributed by atoms with van der Waals surface area (Å²) in [5.41, 5.74) is 0.856. The molecule has 0 aliphatic carbocycles. The second-order valence-corrected chi connectivity index (χ2v) is 7.07. The molecule has 0 radical (unpaired) electrons. The SMILES string of the molecule is CCOC(=O)c1nc(COC(=O)CCC(=O)c2cc(Br)ccc2OC)cs1. The van der Waals surface area contributed by atoms with Crippen LogP contribution >= 0.6 is 27.3 Å². The Balaban J connectivity index is 1.84. The number of thiazole rings is 1. The lowest BCUT2D eigenvalue weighted by Crippen LogP contribution is -2.09. The monoisotopic (exact) mass is 455 g/mol. The molecule has 144 valence electrons. The van der Waals surface area contributed by atoms with Crippen LogP contribution < -0.4 is 4.74 Å². The van der Waals surface area contributed by atoms with Crippen LogP contribution in [0.2, 0.25) is 0 Å². The van der Waals surface area contributed by atoms with Gasteiger partial charge in [-0.25, -0.2) is 9.78 Å². The highest BCUT2D eigenvalue weighted by atomic mass is 79.9. The van der Waals surface area contributed by atoms with Gasteiger partial charge in [0.1, 0.15) is 12.4 Å². The highest BCUT2D eigenvalue weighted by molar-refractivity contribution is 9.10. The fraction of sp³-hybridized carbons (Fsp3) is 0.333. The molecular formula is C18H18BrNO6S. The highest BCUT2D eigenvalue weighted by Gasteiger charge is 2.16.